The quantitative estimate of drug-likeness (QED) is 0.599. The first-order chi connectivity index (χ1) is 13.1. The van der Waals surface area contributed by atoms with Gasteiger partial charge < -0.3 is 4.42 Å². The Morgan fingerprint density at radius 2 is 1.68 bits per heavy atom. The highest BCUT2D eigenvalue weighted by Gasteiger charge is 2.35. The van der Waals surface area contributed by atoms with Crippen molar-refractivity contribution in [2.24, 2.45) is 5.92 Å². The van der Waals surface area contributed by atoms with Gasteiger partial charge in [-0.15, -0.1) is 0 Å². The van der Waals surface area contributed by atoms with Gasteiger partial charge in [0.2, 0.25) is 30.6 Å². The fourth-order valence-electron chi connectivity index (χ4n) is 2.62. The van der Waals surface area contributed by atoms with Crippen molar-refractivity contribution in [3.8, 4) is 11.5 Å². The monoisotopic (exact) mass is 423 g/mol. The van der Waals surface area contributed by atoms with Gasteiger partial charge in [0, 0.05) is 5.56 Å². The highest BCUT2D eigenvalue weighted by molar-refractivity contribution is 7.94. The van der Waals surface area contributed by atoms with E-state index < -0.39 is 40.5 Å². The molecule has 0 aliphatic rings. The van der Waals surface area contributed by atoms with Gasteiger partial charge in [0.05, 0.1) is 10.6 Å². The van der Waals surface area contributed by atoms with Gasteiger partial charge in [-0.25, -0.2) is 21.2 Å². The maximum Gasteiger partial charge on any atom is 0.258 e. The fourth-order valence-corrected chi connectivity index (χ4v) is 6.09. The maximum atomic E-state index is 13.6. The van der Waals surface area contributed by atoms with Crippen molar-refractivity contribution < 1.29 is 25.6 Å². The first kappa shape index (κ1) is 20.2. The van der Waals surface area contributed by atoms with Gasteiger partial charge in [0.1, 0.15) is 5.82 Å². The predicted octanol–water partition coefficient (Wildman–Crippen LogP) is 3.74. The molecule has 1 aromatic heterocycles. The second-order valence-electron chi connectivity index (χ2n) is 6.61. The second-order valence-corrected chi connectivity index (χ2v) is 10.4. The third-order valence-electron chi connectivity index (χ3n) is 3.78. The average molecular weight is 423 g/mol. The van der Waals surface area contributed by atoms with Crippen LogP contribution in [0.3, 0.4) is 0 Å². The van der Waals surface area contributed by atoms with Crippen LogP contribution in [0.4, 0.5) is 4.39 Å². The van der Waals surface area contributed by atoms with E-state index in [1.54, 1.807) is 44.2 Å². The van der Waals surface area contributed by atoms with E-state index in [0.717, 1.165) is 12.1 Å². The molecule has 0 unspecified atom stereocenters. The van der Waals surface area contributed by atoms with Gasteiger partial charge in [-0.05, 0) is 36.2 Å². The second kappa shape index (κ2) is 7.48. The summed E-state index contributed by atoms with van der Waals surface area (Å²) in [4.78, 5) is 3.57. The Morgan fingerprint density at radius 3 is 2.29 bits per heavy atom. The molecule has 1 heterocycles. The van der Waals surface area contributed by atoms with Crippen LogP contribution in [0.1, 0.15) is 13.8 Å². The van der Waals surface area contributed by atoms with E-state index in [4.69, 9.17) is 4.42 Å². The zero-order chi connectivity index (χ0) is 20.5. The highest BCUT2D eigenvalue weighted by Crippen LogP contribution is 2.33. The van der Waals surface area contributed by atoms with Crippen molar-refractivity contribution in [3.05, 3.63) is 60.4 Å². The molecule has 0 N–H and O–H groups in total. The number of aromatic nitrogens is 1. The molecule has 148 valence electrons. The molecule has 0 radical (unpaired) electrons. The molecular formula is C19H18FNO5S2. The molecule has 28 heavy (non-hydrogen) atoms. The SMILES string of the molecule is CC(C)CS(=O)(=O)c1oc(-c2ccccc2)nc1S(=O)(=O)c1cccc(F)c1. The summed E-state index contributed by atoms with van der Waals surface area (Å²) in [7, 11) is -8.50. The van der Waals surface area contributed by atoms with Crippen molar-refractivity contribution in [1.29, 1.82) is 0 Å². The number of hydrogen-bond donors (Lipinski definition) is 0. The van der Waals surface area contributed by atoms with Crippen LogP contribution in [0.2, 0.25) is 0 Å². The van der Waals surface area contributed by atoms with Crippen LogP contribution in [0.15, 0.2) is 74.0 Å². The minimum absolute atomic E-state index is 0.141. The van der Waals surface area contributed by atoms with Gasteiger partial charge in [-0.2, -0.15) is 4.98 Å². The lowest BCUT2D eigenvalue weighted by Crippen LogP contribution is -2.15. The lowest BCUT2D eigenvalue weighted by atomic mass is 10.2. The molecule has 3 aromatic rings. The number of sulfone groups is 2. The molecule has 3 rings (SSSR count). The van der Waals surface area contributed by atoms with Crippen molar-refractivity contribution in [2.45, 2.75) is 28.9 Å². The summed E-state index contributed by atoms with van der Waals surface area (Å²) in [5.41, 5.74) is 0.421. The van der Waals surface area contributed by atoms with Crippen LogP contribution in [-0.2, 0) is 19.7 Å². The van der Waals surface area contributed by atoms with Crippen LogP contribution in [-0.4, -0.2) is 27.6 Å². The van der Waals surface area contributed by atoms with Gasteiger partial charge in [0.25, 0.3) is 5.09 Å². The normalized spacial score (nSPS) is 12.4. The average Bonchev–Trinajstić information content (AvgIpc) is 3.09. The lowest BCUT2D eigenvalue weighted by molar-refractivity contribution is 0.442. The van der Waals surface area contributed by atoms with E-state index in [0.29, 0.717) is 5.56 Å². The van der Waals surface area contributed by atoms with Crippen molar-refractivity contribution in [3.63, 3.8) is 0 Å². The molecule has 0 aliphatic carbocycles. The summed E-state index contributed by atoms with van der Waals surface area (Å²) in [5, 5.41) is -1.47. The number of halogens is 1. The van der Waals surface area contributed by atoms with E-state index >= 15 is 0 Å². The third kappa shape index (κ3) is 4.00. The topological polar surface area (TPSA) is 94.3 Å². The standard InChI is InChI=1S/C19H18FNO5S2/c1-13(2)12-27(22,23)19-18(21-17(26-19)14-7-4-3-5-8-14)28(24,25)16-10-6-9-15(20)11-16/h3-11,13H,12H2,1-2H3. The maximum absolute atomic E-state index is 13.6. The number of hydrogen-bond acceptors (Lipinski definition) is 6. The third-order valence-corrected chi connectivity index (χ3v) is 7.52. The molecule has 0 aliphatic heterocycles. The summed E-state index contributed by atoms with van der Waals surface area (Å²) < 4.78 is 70.6. The molecule has 0 saturated carbocycles. The van der Waals surface area contributed by atoms with Gasteiger partial charge in [-0.1, -0.05) is 38.1 Å². The molecular weight excluding hydrogens is 405 g/mol. The van der Waals surface area contributed by atoms with Crippen LogP contribution < -0.4 is 0 Å². The van der Waals surface area contributed by atoms with Crippen LogP contribution in [0, 0.1) is 11.7 Å². The van der Waals surface area contributed by atoms with Gasteiger partial charge in [0.15, 0.2) is 0 Å². The van der Waals surface area contributed by atoms with Crippen molar-refractivity contribution in [1.82, 2.24) is 4.98 Å². The molecule has 0 spiro atoms. The zero-order valence-electron chi connectivity index (χ0n) is 15.2. The number of nitrogens with zero attached hydrogens (tertiary/aromatic N) is 1. The zero-order valence-corrected chi connectivity index (χ0v) is 16.8. The molecule has 0 fully saturated rings. The summed E-state index contributed by atoms with van der Waals surface area (Å²) in [6, 6.07) is 12.6. The first-order valence-electron chi connectivity index (χ1n) is 8.41. The highest BCUT2D eigenvalue weighted by atomic mass is 32.2. The Balaban J connectivity index is 2.26. The minimum Gasteiger partial charge on any atom is -0.423 e. The van der Waals surface area contributed by atoms with Gasteiger partial charge >= 0.3 is 0 Å². The van der Waals surface area contributed by atoms with E-state index in [-0.39, 0.29) is 17.6 Å². The van der Waals surface area contributed by atoms with Crippen LogP contribution in [0.25, 0.3) is 11.5 Å². The molecule has 6 nitrogen and oxygen atoms in total. The molecule has 0 bridgehead atoms. The van der Waals surface area contributed by atoms with E-state index in [1.165, 1.54) is 12.1 Å². The summed E-state index contributed by atoms with van der Waals surface area (Å²) in [6.07, 6.45) is 0. The smallest absolute Gasteiger partial charge is 0.258 e. The Morgan fingerprint density at radius 1 is 1.00 bits per heavy atom. The van der Waals surface area contributed by atoms with Crippen LogP contribution >= 0.6 is 0 Å². The van der Waals surface area contributed by atoms with E-state index in [9.17, 15) is 21.2 Å². The van der Waals surface area contributed by atoms with E-state index in [2.05, 4.69) is 4.98 Å². The summed E-state index contributed by atoms with van der Waals surface area (Å²) >= 11 is 0. The molecule has 9 heteroatoms. The number of benzene rings is 2. The minimum atomic E-state index is -4.42. The molecule has 2 aromatic carbocycles. The van der Waals surface area contributed by atoms with E-state index in [1.807, 2.05) is 0 Å². The Hall–Kier alpha value is -2.52. The largest absolute Gasteiger partial charge is 0.423 e. The summed E-state index contributed by atoms with van der Waals surface area (Å²) in [6.45, 7) is 3.37. The number of rotatable bonds is 6. The lowest BCUT2D eigenvalue weighted by Gasteiger charge is -2.06. The number of oxazole rings is 1. The van der Waals surface area contributed by atoms with Crippen LogP contribution in [0.5, 0.6) is 0 Å². The fraction of sp³-hybridized carbons (Fsp3) is 0.211. The van der Waals surface area contributed by atoms with Gasteiger partial charge in [-0.3, -0.25) is 0 Å². The first-order valence-corrected chi connectivity index (χ1v) is 11.5. The molecule has 0 amide bonds. The Bertz CT molecular complexity index is 1200. The van der Waals surface area contributed by atoms with Crippen molar-refractivity contribution >= 4 is 19.7 Å². The Labute approximate surface area is 162 Å². The predicted molar refractivity (Wildman–Crippen MR) is 101 cm³/mol. The molecule has 0 atom stereocenters. The Kier molecular flexibility index (Phi) is 5.40. The van der Waals surface area contributed by atoms with Crippen molar-refractivity contribution in [2.75, 3.05) is 5.75 Å². The summed E-state index contributed by atoms with van der Waals surface area (Å²) in [5.74, 6) is -1.49. The molecule has 0 saturated heterocycles.